The molecular weight excluding hydrogens is 328 g/mol. The molecule has 5 aliphatic rings. The lowest BCUT2D eigenvalue weighted by molar-refractivity contribution is -0.269. The van der Waals surface area contributed by atoms with Crippen LogP contribution in [0.2, 0.25) is 0 Å². The predicted octanol–water partition coefficient (Wildman–Crippen LogP) is 3.17. The Bertz CT molecular complexity index is 568. The van der Waals surface area contributed by atoms with E-state index in [9.17, 15) is 10.2 Å². The molecule has 0 aliphatic heterocycles. The van der Waals surface area contributed by atoms with Gasteiger partial charge in [0.05, 0.1) is 25.4 Å². The molecule has 0 aromatic heterocycles. The van der Waals surface area contributed by atoms with E-state index in [4.69, 9.17) is 9.47 Å². The first-order chi connectivity index (χ1) is 12.4. The van der Waals surface area contributed by atoms with Gasteiger partial charge in [-0.1, -0.05) is 19.9 Å². The van der Waals surface area contributed by atoms with Gasteiger partial charge in [0, 0.05) is 25.0 Å². The molecule has 0 saturated heterocycles. The maximum atomic E-state index is 11.4. The van der Waals surface area contributed by atoms with E-state index in [1.54, 1.807) is 7.11 Å². The number of aliphatic hydroxyl groups excluding tert-OH is 2. The van der Waals surface area contributed by atoms with Crippen LogP contribution < -0.4 is 0 Å². The van der Waals surface area contributed by atoms with Crippen LogP contribution in [0.4, 0.5) is 0 Å². The van der Waals surface area contributed by atoms with Crippen molar-refractivity contribution in [3.63, 3.8) is 0 Å². The molecule has 0 heterocycles. The van der Waals surface area contributed by atoms with Crippen LogP contribution in [0.5, 0.6) is 0 Å². The van der Waals surface area contributed by atoms with Crippen molar-refractivity contribution in [3.05, 3.63) is 12.2 Å². The van der Waals surface area contributed by atoms with Crippen molar-refractivity contribution >= 4 is 0 Å². The predicted molar refractivity (Wildman–Crippen MR) is 101 cm³/mol. The first-order valence-electron chi connectivity index (χ1n) is 10.4. The van der Waals surface area contributed by atoms with E-state index in [1.807, 2.05) is 7.11 Å². The number of methoxy groups -OCH3 is 2. The summed E-state index contributed by atoms with van der Waals surface area (Å²) in [5.41, 5.74) is 0.631. The Morgan fingerprint density at radius 1 is 1.04 bits per heavy atom. The largest absolute Gasteiger partial charge is 0.392 e. The van der Waals surface area contributed by atoms with E-state index in [-0.39, 0.29) is 10.8 Å². The minimum Gasteiger partial charge on any atom is -0.392 e. The Hall–Kier alpha value is -0.420. The van der Waals surface area contributed by atoms with Gasteiger partial charge >= 0.3 is 0 Å². The third-order valence-electron chi connectivity index (χ3n) is 9.07. The summed E-state index contributed by atoms with van der Waals surface area (Å²) in [5, 5.41) is 22.6. The monoisotopic (exact) mass is 364 g/mol. The van der Waals surface area contributed by atoms with E-state index in [1.165, 1.54) is 6.42 Å². The van der Waals surface area contributed by atoms with Crippen molar-refractivity contribution < 1.29 is 19.7 Å². The van der Waals surface area contributed by atoms with Crippen LogP contribution in [-0.2, 0) is 9.47 Å². The fourth-order valence-electron chi connectivity index (χ4n) is 8.09. The van der Waals surface area contributed by atoms with Gasteiger partial charge in [0.15, 0.2) is 0 Å². The molecule has 4 heteroatoms. The van der Waals surface area contributed by atoms with Gasteiger partial charge in [-0.25, -0.2) is 0 Å². The van der Waals surface area contributed by atoms with Crippen molar-refractivity contribution in [1.82, 2.24) is 0 Å². The van der Waals surface area contributed by atoms with Crippen LogP contribution in [0.1, 0.15) is 51.9 Å². The molecule has 8 atom stereocenters. The summed E-state index contributed by atoms with van der Waals surface area (Å²) in [6, 6.07) is 0. The third-order valence-corrected chi connectivity index (χ3v) is 9.07. The summed E-state index contributed by atoms with van der Waals surface area (Å²) in [5.74, 6) is 1.07. The smallest absolute Gasteiger partial charge is 0.0834 e. The number of rotatable bonds is 4. The Balaban J connectivity index is 1.83. The van der Waals surface area contributed by atoms with Crippen molar-refractivity contribution in [2.45, 2.75) is 64.1 Å². The highest BCUT2D eigenvalue weighted by molar-refractivity contribution is 5.28. The summed E-state index contributed by atoms with van der Waals surface area (Å²) in [7, 11) is 3.59. The molecule has 148 valence electrons. The van der Waals surface area contributed by atoms with Crippen LogP contribution in [0.15, 0.2) is 12.2 Å². The fourth-order valence-corrected chi connectivity index (χ4v) is 8.09. The molecule has 0 radical (unpaired) electrons. The van der Waals surface area contributed by atoms with E-state index in [0.717, 1.165) is 57.3 Å². The summed E-state index contributed by atoms with van der Waals surface area (Å²) in [6.07, 6.45) is 6.19. The van der Waals surface area contributed by atoms with Crippen molar-refractivity contribution in [3.8, 4) is 0 Å². The molecule has 5 rings (SSSR count). The lowest BCUT2D eigenvalue weighted by Crippen LogP contribution is -2.71. The van der Waals surface area contributed by atoms with Crippen molar-refractivity contribution in [2.75, 3.05) is 27.4 Å². The molecule has 1 spiro atoms. The minimum absolute atomic E-state index is 0.0276. The molecule has 26 heavy (non-hydrogen) atoms. The second kappa shape index (κ2) is 6.30. The summed E-state index contributed by atoms with van der Waals surface area (Å²) >= 11 is 0. The average Bonchev–Trinajstić information content (AvgIpc) is 2.61. The molecule has 5 saturated carbocycles. The Morgan fingerprint density at radius 2 is 1.77 bits per heavy atom. The molecule has 0 aromatic carbocycles. The van der Waals surface area contributed by atoms with E-state index >= 15 is 0 Å². The van der Waals surface area contributed by atoms with Crippen LogP contribution in [0.3, 0.4) is 0 Å². The highest BCUT2D eigenvalue weighted by Crippen LogP contribution is 2.72. The summed E-state index contributed by atoms with van der Waals surface area (Å²) in [4.78, 5) is 0. The molecular formula is C22H36O4. The fraction of sp³-hybridized carbons (Fsp3) is 0.909. The van der Waals surface area contributed by atoms with E-state index in [0.29, 0.717) is 17.8 Å². The van der Waals surface area contributed by atoms with Crippen molar-refractivity contribution in [1.29, 1.82) is 0 Å². The Kier molecular flexibility index (Phi) is 4.58. The van der Waals surface area contributed by atoms with Gasteiger partial charge in [-0.3, -0.25) is 0 Å². The summed E-state index contributed by atoms with van der Waals surface area (Å²) in [6.45, 7) is 8.01. The summed E-state index contributed by atoms with van der Waals surface area (Å²) < 4.78 is 11.5. The van der Waals surface area contributed by atoms with Gasteiger partial charge < -0.3 is 19.7 Å². The zero-order chi connectivity index (χ0) is 18.7. The first kappa shape index (κ1) is 18.9. The molecule has 2 unspecified atom stereocenters. The molecule has 0 aromatic rings. The maximum absolute atomic E-state index is 11.4. The van der Waals surface area contributed by atoms with Crippen LogP contribution in [0.25, 0.3) is 0 Å². The Morgan fingerprint density at radius 3 is 2.46 bits per heavy atom. The number of ether oxygens (including phenoxy) is 2. The topological polar surface area (TPSA) is 58.9 Å². The molecule has 4 nitrogen and oxygen atoms in total. The van der Waals surface area contributed by atoms with E-state index < -0.39 is 17.6 Å². The lowest BCUT2D eigenvalue weighted by atomic mass is 9.35. The standard InChI is InChI=1S/C22H36O4/c1-14-15-6-9-22(19(14)24)17(10-15)21(13-26-4)8-5-7-20(2,12-25-3)16(21)11-18(22)23/h15-19,23-24H,1,5-13H2,2-4H3/t15-,16?,17?,18+,19-,20-,21-,22+/m0/s1. The van der Waals surface area contributed by atoms with Gasteiger partial charge in [0.2, 0.25) is 0 Å². The molecule has 5 aliphatic carbocycles. The van der Waals surface area contributed by atoms with Crippen LogP contribution >= 0.6 is 0 Å². The maximum Gasteiger partial charge on any atom is 0.0834 e. The second-order valence-electron chi connectivity index (χ2n) is 10.0. The Labute approximate surface area is 158 Å². The number of aliphatic hydroxyl groups is 2. The molecule has 2 bridgehead atoms. The lowest BCUT2D eigenvalue weighted by Gasteiger charge is -2.71. The quantitative estimate of drug-likeness (QED) is 0.752. The normalized spacial score (nSPS) is 53.3. The first-order valence-corrected chi connectivity index (χ1v) is 10.4. The highest BCUT2D eigenvalue weighted by Gasteiger charge is 2.70. The highest BCUT2D eigenvalue weighted by atomic mass is 16.5. The van der Waals surface area contributed by atoms with Gasteiger partial charge in [-0.2, -0.15) is 0 Å². The van der Waals surface area contributed by atoms with Crippen LogP contribution in [-0.4, -0.2) is 49.9 Å². The zero-order valence-corrected chi connectivity index (χ0v) is 16.7. The number of fused-ring (bicyclic) bond motifs is 3. The molecule has 5 fully saturated rings. The number of hydrogen-bond donors (Lipinski definition) is 2. The van der Waals surface area contributed by atoms with Gasteiger partial charge in [0.25, 0.3) is 0 Å². The molecule has 2 N–H and O–H groups in total. The third kappa shape index (κ3) is 2.22. The second-order valence-corrected chi connectivity index (χ2v) is 10.0. The SMILES string of the molecule is C=C1[C@H]2CC[C@]3(C(C2)[C@]2(COC)CCC[C@@](C)(COC)C2C[C@H]3O)[C@H]1O. The van der Waals surface area contributed by atoms with Gasteiger partial charge in [-0.05, 0) is 67.3 Å². The van der Waals surface area contributed by atoms with Gasteiger partial charge in [-0.15, -0.1) is 0 Å². The van der Waals surface area contributed by atoms with Crippen LogP contribution in [0, 0.1) is 34.0 Å². The zero-order valence-electron chi connectivity index (χ0n) is 16.7. The van der Waals surface area contributed by atoms with E-state index in [2.05, 4.69) is 13.5 Å². The van der Waals surface area contributed by atoms with Gasteiger partial charge in [0.1, 0.15) is 0 Å². The average molecular weight is 365 g/mol. The minimum atomic E-state index is -0.569. The number of hydrogen-bond acceptors (Lipinski definition) is 4. The molecule has 0 amide bonds. The van der Waals surface area contributed by atoms with Crippen molar-refractivity contribution in [2.24, 2.45) is 34.0 Å².